The molecule has 3 heterocycles. The number of hydrogen-bond donors (Lipinski definition) is 2. The second kappa shape index (κ2) is 6.33. The number of fused-ring (bicyclic) bond motifs is 1. The van der Waals surface area contributed by atoms with Crippen molar-refractivity contribution in [1.29, 1.82) is 0 Å². The van der Waals surface area contributed by atoms with Gasteiger partial charge in [-0.2, -0.15) is 0 Å². The normalized spacial score (nSPS) is 29.2. The van der Waals surface area contributed by atoms with Crippen LogP contribution < -0.4 is 11.1 Å². The highest BCUT2D eigenvalue weighted by atomic mass is 15.2. The molecule has 2 fully saturated rings. The van der Waals surface area contributed by atoms with Crippen LogP contribution in [0.2, 0.25) is 0 Å². The van der Waals surface area contributed by atoms with E-state index in [0.717, 1.165) is 23.6 Å². The molecule has 0 aromatic carbocycles. The number of nitrogen functional groups attached to an aromatic ring is 1. The van der Waals surface area contributed by atoms with Gasteiger partial charge < -0.3 is 15.6 Å². The molecular formula is C18H28N6. The van der Waals surface area contributed by atoms with E-state index in [4.69, 9.17) is 5.73 Å². The van der Waals surface area contributed by atoms with Crippen molar-refractivity contribution in [1.82, 2.24) is 24.8 Å². The Morgan fingerprint density at radius 3 is 2.67 bits per heavy atom. The molecule has 0 bridgehead atoms. The van der Waals surface area contributed by atoms with Crippen LogP contribution in [0.25, 0.3) is 11.0 Å². The molecular weight excluding hydrogens is 300 g/mol. The van der Waals surface area contributed by atoms with Crippen molar-refractivity contribution in [3.05, 3.63) is 18.1 Å². The third-order valence-corrected chi connectivity index (χ3v) is 5.80. The van der Waals surface area contributed by atoms with Crippen molar-refractivity contribution in [2.24, 2.45) is 0 Å². The number of piperazine rings is 1. The molecule has 2 aromatic rings. The Balaban J connectivity index is 1.49. The number of nitrogens with two attached hydrogens (primary N) is 1. The lowest BCUT2D eigenvalue weighted by atomic mass is 9.89. The largest absolute Gasteiger partial charge is 0.383 e. The molecule has 0 unspecified atom stereocenters. The third-order valence-electron chi connectivity index (χ3n) is 5.80. The van der Waals surface area contributed by atoms with Crippen molar-refractivity contribution >= 4 is 16.9 Å². The number of aromatic nitrogens is 3. The van der Waals surface area contributed by atoms with E-state index in [-0.39, 0.29) is 0 Å². The van der Waals surface area contributed by atoms with E-state index in [2.05, 4.69) is 44.8 Å². The van der Waals surface area contributed by atoms with Gasteiger partial charge in [0.1, 0.15) is 17.8 Å². The van der Waals surface area contributed by atoms with Gasteiger partial charge in [0.05, 0.1) is 5.39 Å². The maximum Gasteiger partial charge on any atom is 0.145 e. The minimum Gasteiger partial charge on any atom is -0.383 e. The van der Waals surface area contributed by atoms with E-state index >= 15 is 0 Å². The highest BCUT2D eigenvalue weighted by Crippen LogP contribution is 2.35. The van der Waals surface area contributed by atoms with E-state index < -0.39 is 0 Å². The van der Waals surface area contributed by atoms with Gasteiger partial charge in [0.2, 0.25) is 0 Å². The molecule has 1 atom stereocenters. The fourth-order valence-electron chi connectivity index (χ4n) is 4.57. The Labute approximate surface area is 143 Å². The van der Waals surface area contributed by atoms with Crippen LogP contribution in [0.4, 0.5) is 5.82 Å². The molecule has 2 aromatic heterocycles. The first-order valence-electron chi connectivity index (χ1n) is 9.18. The van der Waals surface area contributed by atoms with Crippen LogP contribution in [0, 0.1) is 6.92 Å². The predicted octanol–water partition coefficient (Wildman–Crippen LogP) is 2.10. The van der Waals surface area contributed by atoms with Crippen molar-refractivity contribution in [3.63, 3.8) is 0 Å². The molecule has 1 aliphatic heterocycles. The minimum atomic E-state index is 0.534. The van der Waals surface area contributed by atoms with Gasteiger partial charge in [0.25, 0.3) is 0 Å². The van der Waals surface area contributed by atoms with E-state index in [1.165, 1.54) is 44.3 Å². The van der Waals surface area contributed by atoms with Gasteiger partial charge in [0, 0.05) is 44.0 Å². The van der Waals surface area contributed by atoms with Crippen LogP contribution in [-0.2, 0) is 0 Å². The SMILES string of the molecule is Cc1cn(C2CCC(N3CCN[C@@H](C)C3)CC2)c2ncnc(N)c12. The topological polar surface area (TPSA) is 72.0 Å². The van der Waals surface area contributed by atoms with Crippen LogP contribution in [-0.4, -0.2) is 51.2 Å². The van der Waals surface area contributed by atoms with Gasteiger partial charge >= 0.3 is 0 Å². The van der Waals surface area contributed by atoms with Crippen LogP contribution in [0.1, 0.15) is 44.2 Å². The van der Waals surface area contributed by atoms with E-state index in [1.54, 1.807) is 6.33 Å². The summed E-state index contributed by atoms with van der Waals surface area (Å²) in [5, 5.41) is 4.57. The summed E-state index contributed by atoms with van der Waals surface area (Å²) in [6, 6.07) is 1.90. The smallest absolute Gasteiger partial charge is 0.145 e. The molecule has 1 saturated carbocycles. The van der Waals surface area contributed by atoms with Crippen LogP contribution in [0.3, 0.4) is 0 Å². The summed E-state index contributed by atoms with van der Waals surface area (Å²) in [6.07, 6.45) is 8.79. The fraction of sp³-hybridized carbons (Fsp3) is 0.667. The Morgan fingerprint density at radius 2 is 1.92 bits per heavy atom. The molecule has 6 heteroatoms. The van der Waals surface area contributed by atoms with Gasteiger partial charge in [-0.15, -0.1) is 0 Å². The zero-order chi connectivity index (χ0) is 16.7. The van der Waals surface area contributed by atoms with Gasteiger partial charge in [-0.3, -0.25) is 4.90 Å². The van der Waals surface area contributed by atoms with Crippen LogP contribution in [0.5, 0.6) is 0 Å². The van der Waals surface area contributed by atoms with E-state index in [9.17, 15) is 0 Å². The van der Waals surface area contributed by atoms with Gasteiger partial charge in [-0.05, 0) is 45.1 Å². The lowest BCUT2D eigenvalue weighted by molar-refractivity contribution is 0.107. The number of aryl methyl sites for hydroxylation is 1. The highest BCUT2D eigenvalue weighted by molar-refractivity contribution is 5.89. The first-order valence-corrected chi connectivity index (χ1v) is 9.18. The van der Waals surface area contributed by atoms with Crippen molar-refractivity contribution < 1.29 is 0 Å². The summed E-state index contributed by atoms with van der Waals surface area (Å²) in [5.74, 6) is 0.597. The Morgan fingerprint density at radius 1 is 1.17 bits per heavy atom. The molecule has 130 valence electrons. The van der Waals surface area contributed by atoms with Crippen LogP contribution >= 0.6 is 0 Å². The second-order valence-electron chi connectivity index (χ2n) is 7.49. The minimum absolute atomic E-state index is 0.534. The Hall–Kier alpha value is -1.66. The first kappa shape index (κ1) is 15.8. The standard InChI is InChI=1S/C18H28N6/c1-12-9-24(18-16(12)17(19)21-11-22-18)15-5-3-14(4-6-15)23-8-7-20-13(2)10-23/h9,11,13-15,20H,3-8,10H2,1-2H3,(H2,19,21,22)/t13-,14?,15?/m0/s1. The molecule has 3 N–H and O–H groups in total. The zero-order valence-electron chi connectivity index (χ0n) is 14.7. The lowest BCUT2D eigenvalue weighted by Crippen LogP contribution is -2.53. The average molecular weight is 328 g/mol. The highest BCUT2D eigenvalue weighted by Gasteiger charge is 2.29. The summed E-state index contributed by atoms with van der Waals surface area (Å²) in [5.41, 5.74) is 8.24. The number of nitrogens with zero attached hydrogens (tertiary/aromatic N) is 4. The monoisotopic (exact) mass is 328 g/mol. The van der Waals surface area contributed by atoms with E-state index in [0.29, 0.717) is 17.9 Å². The molecule has 24 heavy (non-hydrogen) atoms. The quantitative estimate of drug-likeness (QED) is 0.883. The van der Waals surface area contributed by atoms with Crippen molar-refractivity contribution in [2.75, 3.05) is 25.4 Å². The number of nitrogens with one attached hydrogen (secondary N) is 1. The number of rotatable bonds is 2. The molecule has 1 saturated heterocycles. The Bertz CT molecular complexity index is 716. The molecule has 6 nitrogen and oxygen atoms in total. The number of anilines is 1. The van der Waals surface area contributed by atoms with Crippen LogP contribution in [0.15, 0.2) is 12.5 Å². The summed E-state index contributed by atoms with van der Waals surface area (Å²) >= 11 is 0. The second-order valence-corrected chi connectivity index (χ2v) is 7.49. The molecule has 1 aliphatic carbocycles. The summed E-state index contributed by atoms with van der Waals surface area (Å²) in [4.78, 5) is 11.3. The maximum absolute atomic E-state index is 6.06. The maximum atomic E-state index is 6.06. The van der Waals surface area contributed by atoms with Gasteiger partial charge in [-0.25, -0.2) is 9.97 Å². The summed E-state index contributed by atoms with van der Waals surface area (Å²) < 4.78 is 2.35. The van der Waals surface area contributed by atoms with Crippen molar-refractivity contribution in [3.8, 4) is 0 Å². The third kappa shape index (κ3) is 2.78. The molecule has 0 radical (unpaired) electrons. The average Bonchev–Trinajstić information content (AvgIpc) is 2.93. The van der Waals surface area contributed by atoms with E-state index in [1.807, 2.05) is 0 Å². The lowest BCUT2D eigenvalue weighted by Gasteiger charge is -2.41. The predicted molar refractivity (Wildman–Crippen MR) is 97.0 cm³/mol. The zero-order valence-corrected chi connectivity index (χ0v) is 14.7. The molecule has 0 spiro atoms. The number of hydrogen-bond acceptors (Lipinski definition) is 5. The van der Waals surface area contributed by atoms with Gasteiger partial charge in [-0.1, -0.05) is 0 Å². The molecule has 0 amide bonds. The Kier molecular flexibility index (Phi) is 4.18. The first-order chi connectivity index (χ1) is 11.6. The fourth-order valence-corrected chi connectivity index (χ4v) is 4.57. The summed E-state index contributed by atoms with van der Waals surface area (Å²) in [7, 11) is 0. The van der Waals surface area contributed by atoms with Crippen molar-refractivity contribution in [2.45, 2.75) is 57.7 Å². The molecule has 2 aliphatic rings. The summed E-state index contributed by atoms with van der Waals surface area (Å²) in [6.45, 7) is 7.89. The van der Waals surface area contributed by atoms with Gasteiger partial charge in [0.15, 0.2) is 0 Å². The molecule has 4 rings (SSSR count).